The lowest BCUT2D eigenvalue weighted by Crippen LogP contribution is -2.44. The minimum absolute atomic E-state index is 0.119. The highest BCUT2D eigenvalue weighted by atomic mass is 16.3. The lowest BCUT2D eigenvalue weighted by molar-refractivity contribution is 0.0883. The van der Waals surface area contributed by atoms with E-state index in [-0.39, 0.29) is 12.1 Å². The SMILES string of the molecule is O=C(Nc1ccc(N2CCCCCC2)cc1)N1CCC[C@H](O)C1. The number of benzene rings is 1. The molecule has 0 bridgehead atoms. The van der Waals surface area contributed by atoms with E-state index in [1.165, 1.54) is 31.4 Å². The number of rotatable bonds is 2. The summed E-state index contributed by atoms with van der Waals surface area (Å²) in [5, 5.41) is 12.6. The summed E-state index contributed by atoms with van der Waals surface area (Å²) in [4.78, 5) is 16.4. The number of carbonyl (C=O) groups excluding carboxylic acids is 1. The van der Waals surface area contributed by atoms with Crippen LogP contribution in [0.25, 0.3) is 0 Å². The van der Waals surface area contributed by atoms with E-state index in [1.807, 2.05) is 12.1 Å². The van der Waals surface area contributed by atoms with E-state index in [2.05, 4.69) is 22.3 Å². The Labute approximate surface area is 138 Å². The molecular formula is C18H27N3O2. The van der Waals surface area contributed by atoms with Gasteiger partial charge in [-0.2, -0.15) is 0 Å². The van der Waals surface area contributed by atoms with Crippen LogP contribution < -0.4 is 10.2 Å². The molecule has 2 saturated heterocycles. The molecule has 2 N–H and O–H groups in total. The van der Waals surface area contributed by atoms with Gasteiger partial charge in [-0.25, -0.2) is 4.79 Å². The van der Waals surface area contributed by atoms with Crippen LogP contribution in [0.4, 0.5) is 16.2 Å². The summed E-state index contributed by atoms with van der Waals surface area (Å²) in [6.07, 6.45) is 6.43. The van der Waals surface area contributed by atoms with E-state index in [9.17, 15) is 9.90 Å². The van der Waals surface area contributed by atoms with Crippen molar-refractivity contribution >= 4 is 17.4 Å². The predicted octanol–water partition coefficient (Wildman–Crippen LogP) is 3.06. The van der Waals surface area contributed by atoms with Gasteiger partial charge in [-0.3, -0.25) is 0 Å². The number of likely N-dealkylation sites (tertiary alicyclic amines) is 1. The summed E-state index contributed by atoms with van der Waals surface area (Å²) in [5.41, 5.74) is 2.05. The molecule has 2 fully saturated rings. The third-order valence-corrected chi connectivity index (χ3v) is 4.77. The summed E-state index contributed by atoms with van der Waals surface area (Å²) in [5.74, 6) is 0. The van der Waals surface area contributed by atoms with Crippen molar-refractivity contribution in [1.82, 2.24) is 4.90 Å². The topological polar surface area (TPSA) is 55.8 Å². The molecule has 1 aromatic rings. The number of nitrogens with one attached hydrogen (secondary N) is 1. The second-order valence-corrected chi connectivity index (χ2v) is 6.62. The Morgan fingerprint density at radius 3 is 2.35 bits per heavy atom. The highest BCUT2D eigenvalue weighted by Crippen LogP contribution is 2.22. The number of β-amino-alcohol motifs (C(OH)–C–C–N with tert-alkyl or cyclic N) is 1. The van der Waals surface area contributed by atoms with Crippen molar-refractivity contribution in [2.24, 2.45) is 0 Å². The number of aliphatic hydroxyl groups excluding tert-OH is 1. The van der Waals surface area contributed by atoms with Crippen molar-refractivity contribution in [3.05, 3.63) is 24.3 Å². The van der Waals surface area contributed by atoms with Crippen LogP contribution in [0.1, 0.15) is 38.5 Å². The third-order valence-electron chi connectivity index (χ3n) is 4.77. The fraction of sp³-hybridized carbons (Fsp3) is 0.611. The molecule has 2 amide bonds. The molecule has 1 aromatic carbocycles. The van der Waals surface area contributed by atoms with E-state index < -0.39 is 0 Å². The summed E-state index contributed by atoms with van der Waals surface area (Å²) >= 11 is 0. The quantitative estimate of drug-likeness (QED) is 0.881. The van der Waals surface area contributed by atoms with E-state index in [4.69, 9.17) is 0 Å². The van der Waals surface area contributed by atoms with E-state index >= 15 is 0 Å². The Kier molecular flexibility index (Phi) is 5.39. The van der Waals surface area contributed by atoms with Crippen molar-refractivity contribution < 1.29 is 9.90 Å². The Morgan fingerprint density at radius 2 is 1.70 bits per heavy atom. The number of piperidine rings is 1. The highest BCUT2D eigenvalue weighted by molar-refractivity contribution is 5.89. The van der Waals surface area contributed by atoms with Gasteiger partial charge in [-0.1, -0.05) is 12.8 Å². The van der Waals surface area contributed by atoms with Crippen molar-refractivity contribution in [2.45, 2.75) is 44.6 Å². The second-order valence-electron chi connectivity index (χ2n) is 6.62. The zero-order chi connectivity index (χ0) is 16.1. The summed E-state index contributed by atoms with van der Waals surface area (Å²) in [7, 11) is 0. The average Bonchev–Trinajstić information content (AvgIpc) is 2.85. The van der Waals surface area contributed by atoms with Gasteiger partial charge in [0.05, 0.1) is 6.10 Å². The number of urea groups is 1. The van der Waals surface area contributed by atoms with E-state index in [0.717, 1.165) is 38.2 Å². The molecule has 1 atom stereocenters. The smallest absolute Gasteiger partial charge is 0.321 e. The molecule has 23 heavy (non-hydrogen) atoms. The number of amides is 2. The molecule has 2 heterocycles. The number of carbonyl (C=O) groups is 1. The van der Waals surface area contributed by atoms with Crippen LogP contribution in [0.15, 0.2) is 24.3 Å². The normalized spacial score (nSPS) is 22.6. The summed E-state index contributed by atoms with van der Waals surface area (Å²) < 4.78 is 0. The number of anilines is 2. The van der Waals surface area contributed by atoms with Crippen molar-refractivity contribution in [1.29, 1.82) is 0 Å². The van der Waals surface area contributed by atoms with Crippen LogP contribution in [0, 0.1) is 0 Å². The molecule has 126 valence electrons. The summed E-state index contributed by atoms with van der Waals surface area (Å²) in [6.45, 7) is 3.39. The number of hydrogen-bond donors (Lipinski definition) is 2. The number of nitrogens with zero attached hydrogens (tertiary/aromatic N) is 2. The maximum atomic E-state index is 12.2. The van der Waals surface area contributed by atoms with Gasteiger partial charge in [0, 0.05) is 37.6 Å². The maximum absolute atomic E-state index is 12.2. The Balaban J connectivity index is 1.57. The standard InChI is InChI=1S/C18H27N3O2/c22-17-6-5-13-21(14-17)18(23)19-15-7-9-16(10-8-15)20-11-3-1-2-4-12-20/h7-10,17,22H,1-6,11-14H2,(H,19,23)/t17-/m0/s1. The van der Waals surface area contributed by atoms with Gasteiger partial charge in [-0.15, -0.1) is 0 Å². The molecule has 5 nitrogen and oxygen atoms in total. The molecule has 0 aliphatic carbocycles. The fourth-order valence-electron chi connectivity index (χ4n) is 3.43. The van der Waals surface area contributed by atoms with Gasteiger partial charge >= 0.3 is 6.03 Å². The minimum atomic E-state index is -0.389. The first-order valence-corrected chi connectivity index (χ1v) is 8.81. The Morgan fingerprint density at radius 1 is 1.00 bits per heavy atom. The maximum Gasteiger partial charge on any atom is 0.321 e. The zero-order valence-corrected chi connectivity index (χ0v) is 13.7. The predicted molar refractivity (Wildman–Crippen MR) is 93.0 cm³/mol. The monoisotopic (exact) mass is 317 g/mol. The van der Waals surface area contributed by atoms with E-state index in [0.29, 0.717) is 6.54 Å². The highest BCUT2D eigenvalue weighted by Gasteiger charge is 2.22. The Hall–Kier alpha value is -1.75. The largest absolute Gasteiger partial charge is 0.391 e. The molecule has 0 radical (unpaired) electrons. The number of hydrogen-bond acceptors (Lipinski definition) is 3. The van der Waals surface area contributed by atoms with Gasteiger partial charge in [0.15, 0.2) is 0 Å². The molecular weight excluding hydrogens is 290 g/mol. The van der Waals surface area contributed by atoms with Gasteiger partial charge in [0.1, 0.15) is 0 Å². The minimum Gasteiger partial charge on any atom is -0.391 e. The molecule has 3 rings (SSSR count). The van der Waals surface area contributed by atoms with Gasteiger partial charge in [0.2, 0.25) is 0 Å². The second kappa shape index (κ2) is 7.68. The van der Waals surface area contributed by atoms with E-state index in [1.54, 1.807) is 4.90 Å². The Bertz CT molecular complexity index is 510. The molecule has 0 saturated carbocycles. The van der Waals surface area contributed by atoms with Crippen molar-refractivity contribution in [3.8, 4) is 0 Å². The summed E-state index contributed by atoms with van der Waals surface area (Å²) in [6, 6.07) is 8.00. The zero-order valence-electron chi connectivity index (χ0n) is 13.7. The van der Waals surface area contributed by atoms with Crippen LogP contribution in [0.2, 0.25) is 0 Å². The van der Waals surface area contributed by atoms with Gasteiger partial charge in [-0.05, 0) is 49.9 Å². The van der Waals surface area contributed by atoms with Crippen molar-refractivity contribution in [3.63, 3.8) is 0 Å². The molecule has 5 heteroatoms. The number of aliphatic hydroxyl groups is 1. The first kappa shape index (κ1) is 16.1. The van der Waals surface area contributed by atoms with Crippen LogP contribution in [-0.4, -0.2) is 48.3 Å². The average molecular weight is 317 g/mol. The molecule has 0 spiro atoms. The van der Waals surface area contributed by atoms with Crippen LogP contribution in [0.3, 0.4) is 0 Å². The van der Waals surface area contributed by atoms with Gasteiger partial charge in [0.25, 0.3) is 0 Å². The lowest BCUT2D eigenvalue weighted by atomic mass is 10.1. The lowest BCUT2D eigenvalue weighted by Gasteiger charge is -2.30. The molecule has 0 aromatic heterocycles. The molecule has 2 aliphatic rings. The van der Waals surface area contributed by atoms with Gasteiger partial charge < -0.3 is 20.2 Å². The molecule has 0 unspecified atom stereocenters. The first-order chi connectivity index (χ1) is 11.2. The van der Waals surface area contributed by atoms with Crippen molar-refractivity contribution in [2.75, 3.05) is 36.4 Å². The third kappa shape index (κ3) is 4.38. The van der Waals surface area contributed by atoms with Crippen LogP contribution >= 0.6 is 0 Å². The fourth-order valence-corrected chi connectivity index (χ4v) is 3.43. The van der Waals surface area contributed by atoms with Crippen LogP contribution in [-0.2, 0) is 0 Å². The van der Waals surface area contributed by atoms with Crippen LogP contribution in [0.5, 0.6) is 0 Å². The molecule has 2 aliphatic heterocycles. The first-order valence-electron chi connectivity index (χ1n) is 8.81.